The molecule has 5 heteroatoms. The van der Waals surface area contributed by atoms with E-state index in [1.807, 2.05) is 6.26 Å². The predicted molar refractivity (Wildman–Crippen MR) is 45.3 cm³/mol. The van der Waals surface area contributed by atoms with E-state index in [0.717, 1.165) is 0 Å². The van der Waals surface area contributed by atoms with Crippen molar-refractivity contribution in [2.75, 3.05) is 33.7 Å². The molecule has 0 rings (SSSR count). The lowest BCUT2D eigenvalue weighted by atomic mass is 10.4. The van der Waals surface area contributed by atoms with Crippen molar-refractivity contribution < 1.29 is 14.3 Å². The summed E-state index contributed by atoms with van der Waals surface area (Å²) >= 11 is 1.40. The Morgan fingerprint density at radius 3 is 2.55 bits per heavy atom. The van der Waals surface area contributed by atoms with Crippen LogP contribution in [0, 0.1) is 0 Å². The molecule has 68 valence electrons. The van der Waals surface area contributed by atoms with Crippen molar-refractivity contribution in [1.29, 1.82) is 0 Å². The Balaban J connectivity index is 3.20. The number of hydrogen-bond donors (Lipinski definition) is 1. The van der Waals surface area contributed by atoms with Crippen LogP contribution in [0.2, 0.25) is 0 Å². The van der Waals surface area contributed by atoms with Crippen molar-refractivity contribution in [3.63, 3.8) is 0 Å². The Kier molecular flexibility index (Phi) is 8.43. The fourth-order valence-electron chi connectivity index (χ4n) is 0.556. The van der Waals surface area contributed by atoms with Crippen molar-refractivity contribution >= 4 is 11.9 Å². The second kappa shape index (κ2) is 8.29. The Hall–Kier alpha value is 0.190. The van der Waals surface area contributed by atoms with Crippen molar-refractivity contribution in [1.82, 2.24) is 4.89 Å². The van der Waals surface area contributed by atoms with Crippen LogP contribution in [0.5, 0.6) is 0 Å². The SMILES string of the molecule is COCC(CONSC)OC. The highest BCUT2D eigenvalue weighted by molar-refractivity contribution is 7.96. The normalized spacial score (nSPS) is 13.4. The fourth-order valence-corrected chi connectivity index (χ4v) is 0.742. The second-order valence-corrected chi connectivity index (χ2v) is 2.49. The molecule has 0 radical (unpaired) electrons. The molecule has 0 bridgehead atoms. The van der Waals surface area contributed by atoms with Crippen LogP contribution >= 0.6 is 11.9 Å². The van der Waals surface area contributed by atoms with Gasteiger partial charge in [0.1, 0.15) is 6.10 Å². The first-order valence-electron chi connectivity index (χ1n) is 3.26. The molecule has 0 aliphatic rings. The molecule has 11 heavy (non-hydrogen) atoms. The van der Waals surface area contributed by atoms with E-state index in [4.69, 9.17) is 14.3 Å². The summed E-state index contributed by atoms with van der Waals surface area (Å²) in [6.07, 6.45) is 1.89. The lowest BCUT2D eigenvalue weighted by Gasteiger charge is -2.13. The molecule has 0 saturated heterocycles. The average molecular weight is 181 g/mol. The van der Waals surface area contributed by atoms with Gasteiger partial charge in [0.15, 0.2) is 0 Å². The van der Waals surface area contributed by atoms with Crippen molar-refractivity contribution in [2.24, 2.45) is 0 Å². The van der Waals surface area contributed by atoms with Crippen LogP contribution in [-0.2, 0) is 14.3 Å². The summed E-state index contributed by atoms with van der Waals surface area (Å²) in [5, 5.41) is 0. The maximum Gasteiger partial charge on any atom is 0.106 e. The second-order valence-electron chi connectivity index (χ2n) is 1.91. The van der Waals surface area contributed by atoms with Gasteiger partial charge in [0, 0.05) is 14.2 Å². The highest BCUT2D eigenvalue weighted by Gasteiger charge is 2.05. The highest BCUT2D eigenvalue weighted by atomic mass is 32.2. The van der Waals surface area contributed by atoms with Crippen LogP contribution in [0.15, 0.2) is 0 Å². The topological polar surface area (TPSA) is 39.7 Å². The van der Waals surface area contributed by atoms with Crippen LogP contribution in [0.1, 0.15) is 0 Å². The van der Waals surface area contributed by atoms with E-state index in [9.17, 15) is 0 Å². The van der Waals surface area contributed by atoms with Crippen LogP contribution in [0.4, 0.5) is 0 Å². The molecule has 0 aliphatic heterocycles. The van der Waals surface area contributed by atoms with E-state index in [2.05, 4.69) is 4.89 Å². The summed E-state index contributed by atoms with van der Waals surface area (Å²) in [6, 6.07) is 0. The molecule has 0 saturated carbocycles. The quantitative estimate of drug-likeness (QED) is 0.351. The summed E-state index contributed by atoms with van der Waals surface area (Å²) < 4.78 is 9.92. The monoisotopic (exact) mass is 181 g/mol. The highest BCUT2D eigenvalue weighted by Crippen LogP contribution is 1.92. The Bertz CT molecular complexity index is 84.2. The zero-order valence-corrected chi connectivity index (χ0v) is 7.94. The van der Waals surface area contributed by atoms with Gasteiger partial charge in [-0.3, -0.25) is 4.84 Å². The average Bonchev–Trinajstić information content (AvgIpc) is 2.03. The summed E-state index contributed by atoms with van der Waals surface area (Å²) in [7, 11) is 3.26. The summed E-state index contributed by atoms with van der Waals surface area (Å²) in [4.78, 5) is 7.65. The number of hydrogen-bond acceptors (Lipinski definition) is 5. The van der Waals surface area contributed by atoms with Gasteiger partial charge in [-0.2, -0.15) is 0 Å². The number of ether oxygens (including phenoxy) is 2. The lowest BCUT2D eigenvalue weighted by molar-refractivity contribution is -0.0410. The Morgan fingerprint density at radius 2 is 2.09 bits per heavy atom. The smallest absolute Gasteiger partial charge is 0.106 e. The molecule has 0 amide bonds. The largest absolute Gasteiger partial charge is 0.382 e. The molecule has 4 nitrogen and oxygen atoms in total. The van der Waals surface area contributed by atoms with Gasteiger partial charge < -0.3 is 9.47 Å². The van der Waals surface area contributed by atoms with E-state index in [1.165, 1.54) is 11.9 Å². The van der Waals surface area contributed by atoms with Crippen molar-refractivity contribution in [3.8, 4) is 0 Å². The van der Waals surface area contributed by atoms with Gasteiger partial charge in [-0.25, -0.2) is 0 Å². The number of methoxy groups -OCH3 is 2. The van der Waals surface area contributed by atoms with Crippen LogP contribution in [-0.4, -0.2) is 39.8 Å². The first-order chi connectivity index (χ1) is 5.35. The third-order valence-electron chi connectivity index (χ3n) is 1.10. The first-order valence-corrected chi connectivity index (χ1v) is 4.49. The third-order valence-corrected chi connectivity index (χ3v) is 1.38. The predicted octanol–water partition coefficient (Wildman–Crippen LogP) is 0.447. The zero-order valence-electron chi connectivity index (χ0n) is 7.12. The molecule has 1 atom stereocenters. The number of nitrogens with one attached hydrogen (secondary N) is 1. The Labute approximate surface area is 71.7 Å². The van der Waals surface area contributed by atoms with E-state index >= 15 is 0 Å². The van der Waals surface area contributed by atoms with Gasteiger partial charge in [0.25, 0.3) is 0 Å². The summed E-state index contributed by atoms with van der Waals surface area (Å²) in [5.74, 6) is 0. The zero-order chi connectivity index (χ0) is 8.53. The van der Waals surface area contributed by atoms with Crippen molar-refractivity contribution in [3.05, 3.63) is 0 Å². The van der Waals surface area contributed by atoms with E-state index in [0.29, 0.717) is 13.2 Å². The number of rotatable bonds is 7. The van der Waals surface area contributed by atoms with Gasteiger partial charge >= 0.3 is 0 Å². The Morgan fingerprint density at radius 1 is 1.36 bits per heavy atom. The minimum absolute atomic E-state index is 0.000324. The van der Waals surface area contributed by atoms with E-state index < -0.39 is 0 Å². The van der Waals surface area contributed by atoms with Crippen LogP contribution in [0.25, 0.3) is 0 Å². The third kappa shape index (κ3) is 6.58. The molecular weight excluding hydrogens is 166 g/mol. The fraction of sp³-hybridized carbons (Fsp3) is 1.00. The summed E-state index contributed by atoms with van der Waals surface area (Å²) in [5.41, 5.74) is 0. The molecule has 0 spiro atoms. The van der Waals surface area contributed by atoms with Crippen LogP contribution < -0.4 is 4.89 Å². The van der Waals surface area contributed by atoms with Gasteiger partial charge in [-0.1, -0.05) is 11.9 Å². The van der Waals surface area contributed by atoms with E-state index in [-0.39, 0.29) is 6.10 Å². The molecule has 0 aliphatic carbocycles. The lowest BCUT2D eigenvalue weighted by Crippen LogP contribution is -2.25. The molecular formula is C6H15NO3S. The van der Waals surface area contributed by atoms with E-state index in [1.54, 1.807) is 14.2 Å². The van der Waals surface area contributed by atoms with Gasteiger partial charge in [0.05, 0.1) is 13.2 Å². The summed E-state index contributed by atoms with van der Waals surface area (Å²) in [6.45, 7) is 1.04. The molecule has 0 aromatic carbocycles. The molecule has 0 aromatic heterocycles. The molecule has 0 heterocycles. The standard InChI is InChI=1S/C6H15NO3S/c1-8-4-6(9-2)5-10-7-11-3/h6-7H,4-5H2,1-3H3. The minimum atomic E-state index is -0.000324. The van der Waals surface area contributed by atoms with Crippen molar-refractivity contribution in [2.45, 2.75) is 6.10 Å². The molecule has 0 fully saturated rings. The van der Waals surface area contributed by atoms with Gasteiger partial charge in [-0.05, 0) is 6.26 Å². The first kappa shape index (κ1) is 11.2. The maximum absolute atomic E-state index is 5.04. The molecule has 0 aromatic rings. The molecule has 1 unspecified atom stereocenters. The molecule has 1 N–H and O–H groups in total. The van der Waals surface area contributed by atoms with Crippen LogP contribution in [0.3, 0.4) is 0 Å². The maximum atomic E-state index is 5.04. The van der Waals surface area contributed by atoms with Gasteiger partial charge in [0.2, 0.25) is 0 Å². The van der Waals surface area contributed by atoms with Gasteiger partial charge in [-0.15, -0.1) is 4.89 Å². The minimum Gasteiger partial charge on any atom is -0.382 e.